The van der Waals surface area contributed by atoms with Gasteiger partial charge < -0.3 is 5.32 Å². The smallest absolute Gasteiger partial charge is 0.159 e. The zero-order valence-electron chi connectivity index (χ0n) is 13.1. The molecule has 1 saturated carbocycles. The third-order valence-corrected chi connectivity index (χ3v) is 5.02. The van der Waals surface area contributed by atoms with Crippen molar-refractivity contribution in [1.82, 2.24) is 15.1 Å². The van der Waals surface area contributed by atoms with Crippen LogP contribution in [-0.4, -0.2) is 16.3 Å². The summed E-state index contributed by atoms with van der Waals surface area (Å²) < 4.78 is 29.2. The van der Waals surface area contributed by atoms with Gasteiger partial charge in [-0.05, 0) is 50.4 Å². The first kappa shape index (κ1) is 14.8. The molecule has 1 aliphatic carbocycles. The lowest BCUT2D eigenvalue weighted by atomic mass is 10.0. The fraction of sp³-hybridized carbons (Fsp3) is 0.500. The van der Waals surface area contributed by atoms with Gasteiger partial charge in [0.15, 0.2) is 11.6 Å². The van der Waals surface area contributed by atoms with Crippen molar-refractivity contribution in [2.75, 3.05) is 6.54 Å². The summed E-state index contributed by atoms with van der Waals surface area (Å²) in [6.45, 7) is 1.72. The van der Waals surface area contributed by atoms with E-state index in [-0.39, 0.29) is 0 Å². The molecule has 1 aromatic carbocycles. The van der Waals surface area contributed by atoms with Crippen LogP contribution in [0.15, 0.2) is 18.2 Å². The van der Waals surface area contributed by atoms with Gasteiger partial charge in [0.05, 0.1) is 17.4 Å². The number of halogens is 2. The molecule has 122 valence electrons. The highest BCUT2D eigenvalue weighted by Gasteiger charge is 2.27. The zero-order chi connectivity index (χ0) is 15.8. The van der Waals surface area contributed by atoms with Crippen molar-refractivity contribution in [1.29, 1.82) is 0 Å². The number of benzene rings is 1. The molecule has 2 heterocycles. The summed E-state index contributed by atoms with van der Waals surface area (Å²) in [5.74, 6) is -1.60. The van der Waals surface area contributed by atoms with Gasteiger partial charge in [-0.3, -0.25) is 4.68 Å². The van der Waals surface area contributed by atoms with Crippen LogP contribution in [0.5, 0.6) is 0 Å². The van der Waals surface area contributed by atoms with E-state index in [0.29, 0.717) is 6.04 Å². The van der Waals surface area contributed by atoms with Crippen molar-refractivity contribution >= 4 is 0 Å². The Hall–Kier alpha value is -1.75. The van der Waals surface area contributed by atoms with Gasteiger partial charge >= 0.3 is 0 Å². The average Bonchev–Trinajstić information content (AvgIpc) is 3.13. The van der Waals surface area contributed by atoms with Gasteiger partial charge in [-0.15, -0.1) is 0 Å². The van der Waals surface area contributed by atoms with Gasteiger partial charge in [0.2, 0.25) is 0 Å². The topological polar surface area (TPSA) is 29.9 Å². The molecule has 4 rings (SSSR count). The van der Waals surface area contributed by atoms with Gasteiger partial charge in [-0.2, -0.15) is 5.10 Å². The Balaban J connectivity index is 1.87. The van der Waals surface area contributed by atoms with Crippen molar-refractivity contribution in [3.63, 3.8) is 0 Å². The highest BCUT2D eigenvalue weighted by atomic mass is 19.2. The summed E-state index contributed by atoms with van der Waals surface area (Å²) in [4.78, 5) is 0. The molecule has 0 amide bonds. The van der Waals surface area contributed by atoms with Crippen LogP contribution in [0, 0.1) is 11.6 Å². The largest absolute Gasteiger partial charge is 0.313 e. The third-order valence-electron chi connectivity index (χ3n) is 5.02. The Morgan fingerprint density at radius 1 is 1.09 bits per heavy atom. The van der Waals surface area contributed by atoms with E-state index in [1.165, 1.54) is 25.0 Å². The van der Waals surface area contributed by atoms with E-state index in [1.807, 2.05) is 0 Å². The molecule has 1 aliphatic heterocycles. The van der Waals surface area contributed by atoms with E-state index in [2.05, 4.69) is 10.00 Å². The SMILES string of the molecule is Fc1ccc(-c2c3c(nn2C2CCCC2)CCCNC3)cc1F. The number of nitrogens with one attached hydrogen (secondary N) is 1. The van der Waals surface area contributed by atoms with Gasteiger partial charge in [0.1, 0.15) is 0 Å². The number of fused-ring (bicyclic) bond motifs is 1. The molecule has 2 aromatic rings. The molecule has 0 radical (unpaired) electrons. The summed E-state index contributed by atoms with van der Waals surface area (Å²) in [6, 6.07) is 4.58. The number of hydrogen-bond acceptors (Lipinski definition) is 2. The molecule has 23 heavy (non-hydrogen) atoms. The van der Waals surface area contributed by atoms with Crippen molar-refractivity contribution in [2.45, 2.75) is 51.1 Å². The lowest BCUT2D eigenvalue weighted by Crippen LogP contribution is -2.14. The van der Waals surface area contributed by atoms with Crippen molar-refractivity contribution in [2.24, 2.45) is 0 Å². The zero-order valence-corrected chi connectivity index (χ0v) is 13.1. The maximum Gasteiger partial charge on any atom is 0.159 e. The molecule has 2 aliphatic rings. The van der Waals surface area contributed by atoms with Crippen molar-refractivity contribution in [3.05, 3.63) is 41.1 Å². The third kappa shape index (κ3) is 2.67. The second-order valence-electron chi connectivity index (χ2n) is 6.57. The Morgan fingerprint density at radius 2 is 1.91 bits per heavy atom. The molecule has 3 nitrogen and oxygen atoms in total. The molecule has 0 atom stereocenters. The highest BCUT2D eigenvalue weighted by Crippen LogP contribution is 2.37. The Bertz CT molecular complexity index is 717. The minimum Gasteiger partial charge on any atom is -0.313 e. The summed E-state index contributed by atoms with van der Waals surface area (Å²) in [5.41, 5.74) is 3.97. The molecule has 0 spiro atoms. The van der Waals surface area contributed by atoms with Crippen LogP contribution in [0.3, 0.4) is 0 Å². The van der Waals surface area contributed by atoms with Crippen LogP contribution >= 0.6 is 0 Å². The molecule has 1 aromatic heterocycles. The molecular weight excluding hydrogens is 296 g/mol. The molecular formula is C18H21F2N3. The maximum absolute atomic E-state index is 13.8. The Kier molecular flexibility index (Phi) is 3.89. The van der Waals surface area contributed by atoms with E-state index in [0.717, 1.165) is 61.3 Å². The number of aryl methyl sites for hydroxylation is 1. The molecule has 1 fully saturated rings. The molecule has 5 heteroatoms. The average molecular weight is 317 g/mol. The highest BCUT2D eigenvalue weighted by molar-refractivity contribution is 5.65. The number of aromatic nitrogens is 2. The Morgan fingerprint density at radius 3 is 2.70 bits per heavy atom. The van der Waals surface area contributed by atoms with Gasteiger partial charge in [-0.25, -0.2) is 8.78 Å². The minimum atomic E-state index is -0.801. The fourth-order valence-electron chi connectivity index (χ4n) is 3.86. The molecule has 0 unspecified atom stereocenters. The van der Waals surface area contributed by atoms with E-state index >= 15 is 0 Å². The fourth-order valence-corrected chi connectivity index (χ4v) is 3.86. The lowest BCUT2D eigenvalue weighted by Gasteiger charge is -2.16. The second kappa shape index (κ2) is 6.04. The van der Waals surface area contributed by atoms with Crippen LogP contribution in [0.4, 0.5) is 8.78 Å². The number of nitrogens with zero attached hydrogens (tertiary/aromatic N) is 2. The quantitative estimate of drug-likeness (QED) is 0.908. The predicted octanol–water partition coefficient (Wildman–Crippen LogP) is 3.98. The first-order valence-corrected chi connectivity index (χ1v) is 8.50. The van der Waals surface area contributed by atoms with Crippen LogP contribution in [0.1, 0.15) is 49.4 Å². The van der Waals surface area contributed by atoms with Crippen molar-refractivity contribution in [3.8, 4) is 11.3 Å². The summed E-state index contributed by atoms with van der Waals surface area (Å²) in [6.07, 6.45) is 6.66. The summed E-state index contributed by atoms with van der Waals surface area (Å²) in [7, 11) is 0. The molecule has 1 N–H and O–H groups in total. The summed E-state index contributed by atoms with van der Waals surface area (Å²) >= 11 is 0. The van der Waals surface area contributed by atoms with Crippen LogP contribution in [0.25, 0.3) is 11.3 Å². The Labute approximate surface area is 134 Å². The normalized spacial score (nSPS) is 18.9. The standard InChI is InChI=1S/C18H21F2N3/c19-15-8-7-12(10-16(15)20)18-14-11-21-9-3-6-17(14)22-23(18)13-4-1-2-5-13/h7-8,10,13,21H,1-6,9,11H2. The number of rotatable bonds is 2. The summed E-state index contributed by atoms with van der Waals surface area (Å²) in [5, 5.41) is 8.30. The van der Waals surface area contributed by atoms with Crippen LogP contribution < -0.4 is 5.32 Å². The first-order chi connectivity index (χ1) is 11.2. The van der Waals surface area contributed by atoms with Crippen LogP contribution in [0.2, 0.25) is 0 Å². The monoisotopic (exact) mass is 317 g/mol. The predicted molar refractivity (Wildman–Crippen MR) is 85.1 cm³/mol. The minimum absolute atomic E-state index is 0.380. The van der Waals surface area contributed by atoms with Crippen LogP contribution in [-0.2, 0) is 13.0 Å². The van der Waals surface area contributed by atoms with Crippen molar-refractivity contribution < 1.29 is 8.78 Å². The van der Waals surface area contributed by atoms with E-state index in [9.17, 15) is 8.78 Å². The molecule has 0 bridgehead atoms. The van der Waals surface area contributed by atoms with E-state index in [1.54, 1.807) is 6.07 Å². The first-order valence-electron chi connectivity index (χ1n) is 8.50. The second-order valence-corrected chi connectivity index (χ2v) is 6.57. The number of hydrogen-bond donors (Lipinski definition) is 1. The van der Waals surface area contributed by atoms with E-state index < -0.39 is 11.6 Å². The lowest BCUT2D eigenvalue weighted by molar-refractivity contribution is 0.465. The van der Waals surface area contributed by atoms with Gasteiger partial charge in [0, 0.05) is 17.7 Å². The maximum atomic E-state index is 13.8. The molecule has 0 saturated heterocycles. The van der Waals surface area contributed by atoms with Gasteiger partial charge in [0.25, 0.3) is 0 Å². The van der Waals surface area contributed by atoms with E-state index in [4.69, 9.17) is 5.10 Å². The van der Waals surface area contributed by atoms with Gasteiger partial charge in [-0.1, -0.05) is 12.8 Å².